The maximum absolute atomic E-state index is 5.76. The van der Waals surface area contributed by atoms with Crippen molar-refractivity contribution in [3.63, 3.8) is 0 Å². The lowest BCUT2D eigenvalue weighted by Gasteiger charge is -2.10. The molecular formula is C14H19N3. The monoisotopic (exact) mass is 229 g/mol. The van der Waals surface area contributed by atoms with Gasteiger partial charge in [-0.25, -0.2) is 4.98 Å². The number of aromatic nitrogens is 2. The smallest absolute Gasteiger partial charge is 0.103 e. The van der Waals surface area contributed by atoms with Gasteiger partial charge < -0.3 is 10.7 Å². The van der Waals surface area contributed by atoms with Crippen LogP contribution in [0.5, 0.6) is 0 Å². The molecule has 0 aliphatic heterocycles. The zero-order valence-corrected chi connectivity index (χ0v) is 10.9. The predicted molar refractivity (Wildman–Crippen MR) is 70.9 cm³/mol. The van der Waals surface area contributed by atoms with Crippen LogP contribution in [0.15, 0.2) is 12.1 Å². The molecule has 3 heteroatoms. The van der Waals surface area contributed by atoms with Crippen LogP contribution < -0.4 is 5.73 Å². The summed E-state index contributed by atoms with van der Waals surface area (Å²) in [6.07, 6.45) is 0. The Bertz CT molecular complexity index is 530. The van der Waals surface area contributed by atoms with Crippen LogP contribution in [-0.4, -0.2) is 9.97 Å². The van der Waals surface area contributed by atoms with E-state index in [1.165, 1.54) is 22.3 Å². The van der Waals surface area contributed by atoms with Gasteiger partial charge in [0.2, 0.25) is 0 Å². The van der Waals surface area contributed by atoms with E-state index in [0.717, 1.165) is 17.2 Å². The van der Waals surface area contributed by atoms with Gasteiger partial charge in [-0.3, -0.25) is 0 Å². The zero-order chi connectivity index (χ0) is 12.6. The highest BCUT2D eigenvalue weighted by Gasteiger charge is 2.14. The molecule has 0 saturated carbocycles. The first-order valence-electron chi connectivity index (χ1n) is 5.86. The van der Waals surface area contributed by atoms with E-state index in [0.29, 0.717) is 6.54 Å². The molecular weight excluding hydrogens is 210 g/mol. The van der Waals surface area contributed by atoms with Crippen molar-refractivity contribution in [2.45, 2.75) is 34.2 Å². The Kier molecular flexibility index (Phi) is 3.03. The normalized spacial score (nSPS) is 10.9. The summed E-state index contributed by atoms with van der Waals surface area (Å²) in [7, 11) is 0. The maximum atomic E-state index is 5.76. The summed E-state index contributed by atoms with van der Waals surface area (Å²) in [5, 5.41) is 0. The average molecular weight is 229 g/mol. The van der Waals surface area contributed by atoms with Crippen LogP contribution in [0, 0.1) is 27.7 Å². The van der Waals surface area contributed by atoms with Crippen molar-refractivity contribution < 1.29 is 0 Å². The summed E-state index contributed by atoms with van der Waals surface area (Å²) in [6, 6.07) is 4.37. The summed E-state index contributed by atoms with van der Waals surface area (Å²) < 4.78 is 0. The number of hydrogen-bond donors (Lipinski definition) is 2. The van der Waals surface area contributed by atoms with Gasteiger partial charge in [0, 0.05) is 12.1 Å². The summed E-state index contributed by atoms with van der Waals surface area (Å²) >= 11 is 0. The van der Waals surface area contributed by atoms with Gasteiger partial charge in [0.15, 0.2) is 0 Å². The van der Waals surface area contributed by atoms with Crippen molar-refractivity contribution >= 4 is 0 Å². The van der Waals surface area contributed by atoms with Crippen molar-refractivity contribution in [2.24, 2.45) is 5.73 Å². The number of aryl methyl sites for hydroxylation is 4. The molecule has 0 bridgehead atoms. The Balaban J connectivity index is 2.67. The maximum Gasteiger partial charge on any atom is 0.103 e. The minimum Gasteiger partial charge on any atom is -0.345 e. The van der Waals surface area contributed by atoms with Gasteiger partial charge in [-0.15, -0.1) is 0 Å². The van der Waals surface area contributed by atoms with Gasteiger partial charge in [-0.2, -0.15) is 0 Å². The van der Waals surface area contributed by atoms with Crippen LogP contribution in [0.25, 0.3) is 11.3 Å². The van der Waals surface area contributed by atoms with Crippen molar-refractivity contribution in [1.29, 1.82) is 0 Å². The molecule has 0 aliphatic carbocycles. The lowest BCUT2D eigenvalue weighted by Crippen LogP contribution is -2.00. The number of benzene rings is 1. The second kappa shape index (κ2) is 4.34. The molecule has 0 unspecified atom stereocenters. The second-order valence-corrected chi connectivity index (χ2v) is 4.63. The number of nitrogens with one attached hydrogen (secondary N) is 1. The standard InChI is InChI=1S/C14H19N3/c1-8-5-9(2)13(10(3)6-8)14-12(7-15)16-11(4)17-14/h5-6H,7,15H2,1-4H3,(H,16,17). The largest absolute Gasteiger partial charge is 0.345 e. The zero-order valence-electron chi connectivity index (χ0n) is 10.9. The molecule has 0 saturated heterocycles. The molecule has 0 spiro atoms. The van der Waals surface area contributed by atoms with Crippen molar-refractivity contribution in [2.75, 3.05) is 0 Å². The first kappa shape index (κ1) is 11.9. The molecule has 1 aromatic heterocycles. The molecule has 17 heavy (non-hydrogen) atoms. The summed E-state index contributed by atoms with van der Waals surface area (Å²) in [4.78, 5) is 7.79. The van der Waals surface area contributed by atoms with E-state index < -0.39 is 0 Å². The third kappa shape index (κ3) is 2.11. The number of rotatable bonds is 2. The first-order valence-corrected chi connectivity index (χ1v) is 5.86. The fourth-order valence-corrected chi connectivity index (χ4v) is 2.45. The van der Waals surface area contributed by atoms with Gasteiger partial charge in [0.1, 0.15) is 5.82 Å². The van der Waals surface area contributed by atoms with E-state index in [9.17, 15) is 0 Å². The molecule has 2 rings (SSSR count). The Hall–Kier alpha value is -1.61. The molecule has 1 heterocycles. The molecule has 3 nitrogen and oxygen atoms in total. The average Bonchev–Trinajstić information content (AvgIpc) is 2.58. The molecule has 3 N–H and O–H groups in total. The van der Waals surface area contributed by atoms with E-state index in [-0.39, 0.29) is 0 Å². The highest BCUT2D eigenvalue weighted by molar-refractivity contribution is 5.70. The van der Waals surface area contributed by atoms with Crippen LogP contribution in [-0.2, 0) is 6.54 Å². The highest BCUT2D eigenvalue weighted by Crippen LogP contribution is 2.29. The molecule has 1 aromatic carbocycles. The van der Waals surface area contributed by atoms with Crippen LogP contribution in [0.1, 0.15) is 28.2 Å². The predicted octanol–water partition coefficient (Wildman–Crippen LogP) is 2.77. The third-order valence-electron chi connectivity index (χ3n) is 3.02. The number of imidazole rings is 1. The molecule has 0 aliphatic rings. The fraction of sp³-hybridized carbons (Fsp3) is 0.357. The number of aromatic amines is 1. The Morgan fingerprint density at radius 2 is 1.71 bits per heavy atom. The minimum atomic E-state index is 0.489. The Morgan fingerprint density at radius 1 is 1.12 bits per heavy atom. The Labute approximate surface area is 102 Å². The SMILES string of the molecule is Cc1cc(C)c(-c2nc(C)[nH]c2CN)c(C)c1. The van der Waals surface area contributed by atoms with Crippen molar-refractivity contribution in [1.82, 2.24) is 9.97 Å². The van der Waals surface area contributed by atoms with Gasteiger partial charge in [0.05, 0.1) is 11.4 Å². The van der Waals surface area contributed by atoms with Gasteiger partial charge in [-0.1, -0.05) is 17.7 Å². The van der Waals surface area contributed by atoms with Crippen LogP contribution in [0.2, 0.25) is 0 Å². The van der Waals surface area contributed by atoms with E-state index in [4.69, 9.17) is 5.73 Å². The molecule has 0 amide bonds. The fourth-order valence-electron chi connectivity index (χ4n) is 2.45. The number of nitrogens with two attached hydrogens (primary N) is 1. The topological polar surface area (TPSA) is 54.7 Å². The number of nitrogens with zero attached hydrogens (tertiary/aromatic N) is 1. The summed E-state index contributed by atoms with van der Waals surface area (Å²) in [5.74, 6) is 0.917. The van der Waals surface area contributed by atoms with E-state index in [2.05, 4.69) is 42.9 Å². The minimum absolute atomic E-state index is 0.489. The van der Waals surface area contributed by atoms with Crippen LogP contribution in [0.3, 0.4) is 0 Å². The van der Waals surface area contributed by atoms with Crippen LogP contribution >= 0.6 is 0 Å². The lowest BCUT2D eigenvalue weighted by molar-refractivity contribution is 0.998. The highest BCUT2D eigenvalue weighted by atomic mass is 14.9. The molecule has 2 aromatic rings. The summed E-state index contributed by atoms with van der Waals surface area (Å²) in [5.41, 5.74) is 12.8. The summed E-state index contributed by atoms with van der Waals surface area (Å²) in [6.45, 7) is 8.81. The molecule has 0 fully saturated rings. The van der Waals surface area contributed by atoms with E-state index in [1.54, 1.807) is 0 Å². The number of hydrogen-bond acceptors (Lipinski definition) is 2. The quantitative estimate of drug-likeness (QED) is 0.832. The second-order valence-electron chi connectivity index (χ2n) is 4.63. The van der Waals surface area contributed by atoms with Crippen molar-refractivity contribution in [3.8, 4) is 11.3 Å². The van der Waals surface area contributed by atoms with Gasteiger partial charge in [-0.05, 0) is 38.8 Å². The first-order chi connectivity index (χ1) is 8.02. The molecule has 0 atom stereocenters. The Morgan fingerprint density at radius 3 is 2.24 bits per heavy atom. The number of H-pyrrole nitrogens is 1. The van der Waals surface area contributed by atoms with Gasteiger partial charge in [0.25, 0.3) is 0 Å². The van der Waals surface area contributed by atoms with Crippen molar-refractivity contribution in [3.05, 3.63) is 40.3 Å². The molecule has 0 radical (unpaired) electrons. The van der Waals surface area contributed by atoms with Gasteiger partial charge >= 0.3 is 0 Å². The third-order valence-corrected chi connectivity index (χ3v) is 3.02. The van der Waals surface area contributed by atoms with Crippen LogP contribution in [0.4, 0.5) is 0 Å². The van der Waals surface area contributed by atoms with E-state index >= 15 is 0 Å². The van der Waals surface area contributed by atoms with E-state index in [1.807, 2.05) is 6.92 Å². The lowest BCUT2D eigenvalue weighted by atomic mass is 9.96. The molecule has 90 valence electrons.